The van der Waals surface area contributed by atoms with E-state index in [9.17, 15) is 13.9 Å². The van der Waals surface area contributed by atoms with Gasteiger partial charge >= 0.3 is 0 Å². The number of benzene rings is 1. The average Bonchev–Trinajstić information content (AvgIpc) is 2.81. The zero-order valence-electron chi connectivity index (χ0n) is 9.42. The second kappa shape index (κ2) is 4.79. The van der Waals surface area contributed by atoms with Crippen LogP contribution in [0.2, 0.25) is 0 Å². The molecule has 2 aromatic rings. The molecule has 1 atom stereocenters. The van der Waals surface area contributed by atoms with E-state index < -0.39 is 17.2 Å². The maximum absolute atomic E-state index is 13.7. The predicted octanol–water partition coefficient (Wildman–Crippen LogP) is 0.403. The summed E-state index contributed by atoms with van der Waals surface area (Å²) >= 11 is 0. The zero-order chi connectivity index (χ0) is 13.2. The lowest BCUT2D eigenvalue weighted by atomic mass is 9.93. The number of aliphatic hydroxyl groups is 1. The highest BCUT2D eigenvalue weighted by molar-refractivity contribution is 5.25. The summed E-state index contributed by atoms with van der Waals surface area (Å²) < 4.78 is 27.8. The van der Waals surface area contributed by atoms with E-state index in [1.165, 1.54) is 23.4 Å². The maximum Gasteiger partial charge on any atom is 0.137 e. The minimum atomic E-state index is -1.66. The van der Waals surface area contributed by atoms with Crippen molar-refractivity contribution in [1.29, 1.82) is 0 Å². The molecule has 0 fully saturated rings. The number of halogens is 2. The number of nitrogens with two attached hydrogens (primary N) is 1. The Hall–Kier alpha value is -1.86. The van der Waals surface area contributed by atoms with Gasteiger partial charge in [0.1, 0.15) is 29.9 Å². The van der Waals surface area contributed by atoms with Gasteiger partial charge in [-0.3, -0.25) is 0 Å². The van der Waals surface area contributed by atoms with Crippen molar-refractivity contribution in [2.75, 3.05) is 6.54 Å². The molecule has 0 bridgehead atoms. The SMILES string of the molecule is NC[C@](O)(Cn1cncn1)c1ccc(F)cc1F. The van der Waals surface area contributed by atoms with E-state index in [0.717, 1.165) is 6.07 Å². The third-order valence-electron chi connectivity index (χ3n) is 2.66. The first-order chi connectivity index (χ1) is 8.55. The summed E-state index contributed by atoms with van der Waals surface area (Å²) in [5.41, 5.74) is 3.76. The van der Waals surface area contributed by atoms with Gasteiger partial charge in [-0.2, -0.15) is 5.10 Å². The van der Waals surface area contributed by atoms with Crippen LogP contribution < -0.4 is 5.73 Å². The molecule has 0 saturated carbocycles. The Labute approximate surface area is 102 Å². The summed E-state index contributed by atoms with van der Waals surface area (Å²) in [4.78, 5) is 3.72. The lowest BCUT2D eigenvalue weighted by molar-refractivity contribution is 0.0205. The van der Waals surface area contributed by atoms with Gasteiger partial charge < -0.3 is 10.8 Å². The zero-order valence-corrected chi connectivity index (χ0v) is 9.42. The minimum Gasteiger partial charge on any atom is -0.382 e. The van der Waals surface area contributed by atoms with E-state index in [1.807, 2.05) is 0 Å². The predicted molar refractivity (Wildman–Crippen MR) is 59.3 cm³/mol. The van der Waals surface area contributed by atoms with Crippen LogP contribution in [0, 0.1) is 11.6 Å². The Morgan fingerprint density at radius 3 is 2.72 bits per heavy atom. The Bertz CT molecular complexity index is 532. The molecule has 0 aliphatic rings. The van der Waals surface area contributed by atoms with Crippen molar-refractivity contribution in [3.8, 4) is 0 Å². The van der Waals surface area contributed by atoms with E-state index in [4.69, 9.17) is 5.73 Å². The summed E-state index contributed by atoms with van der Waals surface area (Å²) in [5, 5.41) is 14.2. The molecule has 0 saturated heterocycles. The van der Waals surface area contributed by atoms with Gasteiger partial charge in [0, 0.05) is 18.2 Å². The molecule has 7 heteroatoms. The number of nitrogens with zero attached hydrogens (tertiary/aromatic N) is 3. The molecular formula is C11H12F2N4O. The summed E-state index contributed by atoms with van der Waals surface area (Å²) in [5.74, 6) is -1.56. The monoisotopic (exact) mass is 254 g/mol. The van der Waals surface area contributed by atoms with Crippen molar-refractivity contribution in [1.82, 2.24) is 14.8 Å². The molecule has 1 heterocycles. The van der Waals surface area contributed by atoms with Gasteiger partial charge in [-0.15, -0.1) is 0 Å². The largest absolute Gasteiger partial charge is 0.382 e. The number of aromatic nitrogens is 3. The topological polar surface area (TPSA) is 77.0 Å². The van der Waals surface area contributed by atoms with Gasteiger partial charge in [-0.1, -0.05) is 6.07 Å². The fourth-order valence-corrected chi connectivity index (χ4v) is 1.71. The summed E-state index contributed by atoms with van der Waals surface area (Å²) in [6.07, 6.45) is 2.67. The molecule has 5 nitrogen and oxygen atoms in total. The number of rotatable bonds is 4. The van der Waals surface area contributed by atoms with Crippen molar-refractivity contribution in [2.45, 2.75) is 12.1 Å². The van der Waals surface area contributed by atoms with Crippen LogP contribution >= 0.6 is 0 Å². The van der Waals surface area contributed by atoms with E-state index in [2.05, 4.69) is 10.1 Å². The van der Waals surface area contributed by atoms with Gasteiger partial charge in [0.05, 0.1) is 6.54 Å². The van der Waals surface area contributed by atoms with E-state index in [-0.39, 0.29) is 18.7 Å². The Balaban J connectivity index is 2.36. The fourth-order valence-electron chi connectivity index (χ4n) is 1.71. The molecule has 2 rings (SSSR count). The molecule has 18 heavy (non-hydrogen) atoms. The van der Waals surface area contributed by atoms with Crippen LogP contribution in [0.15, 0.2) is 30.9 Å². The van der Waals surface area contributed by atoms with E-state index in [1.54, 1.807) is 0 Å². The maximum atomic E-state index is 13.7. The molecule has 1 aromatic heterocycles. The van der Waals surface area contributed by atoms with Crippen LogP contribution in [-0.4, -0.2) is 26.4 Å². The molecule has 0 unspecified atom stereocenters. The first-order valence-corrected chi connectivity index (χ1v) is 5.25. The lowest BCUT2D eigenvalue weighted by Gasteiger charge is -2.27. The van der Waals surface area contributed by atoms with Crippen molar-refractivity contribution >= 4 is 0 Å². The highest BCUT2D eigenvalue weighted by Gasteiger charge is 2.31. The summed E-state index contributed by atoms with van der Waals surface area (Å²) in [6.45, 7) is -0.290. The van der Waals surface area contributed by atoms with Crippen molar-refractivity contribution in [3.05, 3.63) is 48.1 Å². The first kappa shape index (κ1) is 12.6. The Morgan fingerprint density at radius 2 is 2.17 bits per heavy atom. The second-order valence-electron chi connectivity index (χ2n) is 3.95. The van der Waals surface area contributed by atoms with Gasteiger partial charge in [0.25, 0.3) is 0 Å². The third-order valence-corrected chi connectivity index (χ3v) is 2.66. The normalized spacial score (nSPS) is 14.4. The Kier molecular flexibility index (Phi) is 3.35. The third kappa shape index (κ3) is 2.36. The minimum absolute atomic E-state index is 0.0634. The first-order valence-electron chi connectivity index (χ1n) is 5.25. The fraction of sp³-hybridized carbons (Fsp3) is 0.273. The van der Waals surface area contributed by atoms with Gasteiger partial charge in [-0.25, -0.2) is 18.4 Å². The number of hydrogen-bond donors (Lipinski definition) is 2. The van der Waals surface area contributed by atoms with Crippen LogP contribution in [0.4, 0.5) is 8.78 Å². The highest BCUT2D eigenvalue weighted by Crippen LogP contribution is 2.25. The molecule has 0 aliphatic carbocycles. The lowest BCUT2D eigenvalue weighted by Crippen LogP contribution is -2.40. The molecule has 0 aliphatic heterocycles. The van der Waals surface area contributed by atoms with Crippen molar-refractivity contribution in [3.63, 3.8) is 0 Å². The smallest absolute Gasteiger partial charge is 0.137 e. The average molecular weight is 254 g/mol. The molecular weight excluding hydrogens is 242 g/mol. The summed E-state index contributed by atoms with van der Waals surface area (Å²) in [7, 11) is 0. The van der Waals surface area contributed by atoms with Crippen LogP contribution in [0.1, 0.15) is 5.56 Å². The van der Waals surface area contributed by atoms with Gasteiger partial charge in [0.2, 0.25) is 0 Å². The highest BCUT2D eigenvalue weighted by atomic mass is 19.1. The molecule has 1 aromatic carbocycles. The summed E-state index contributed by atoms with van der Waals surface area (Å²) in [6, 6.07) is 2.95. The van der Waals surface area contributed by atoms with Crippen molar-refractivity contribution < 1.29 is 13.9 Å². The van der Waals surface area contributed by atoms with Gasteiger partial charge in [0.15, 0.2) is 0 Å². The van der Waals surface area contributed by atoms with Crippen LogP contribution in [0.3, 0.4) is 0 Å². The standard InChI is InChI=1S/C11H12F2N4O/c12-8-1-2-9(10(13)3-8)11(18,4-14)5-17-7-15-6-16-17/h1-3,6-7,18H,4-5,14H2/t11-/m0/s1. The van der Waals surface area contributed by atoms with Crippen LogP contribution in [-0.2, 0) is 12.1 Å². The van der Waals surface area contributed by atoms with Crippen LogP contribution in [0.5, 0.6) is 0 Å². The number of hydrogen-bond acceptors (Lipinski definition) is 4. The van der Waals surface area contributed by atoms with Gasteiger partial charge in [-0.05, 0) is 6.07 Å². The quantitative estimate of drug-likeness (QED) is 0.828. The van der Waals surface area contributed by atoms with Crippen molar-refractivity contribution in [2.24, 2.45) is 5.73 Å². The molecule has 0 radical (unpaired) electrons. The second-order valence-corrected chi connectivity index (χ2v) is 3.95. The molecule has 0 spiro atoms. The van der Waals surface area contributed by atoms with E-state index >= 15 is 0 Å². The Morgan fingerprint density at radius 1 is 1.39 bits per heavy atom. The van der Waals surface area contributed by atoms with Crippen LogP contribution in [0.25, 0.3) is 0 Å². The molecule has 0 amide bonds. The van der Waals surface area contributed by atoms with E-state index in [0.29, 0.717) is 6.07 Å². The molecule has 96 valence electrons. The molecule has 3 N–H and O–H groups in total.